The SMILES string of the molecule is COC(=O)CC[C@@H](C)C1CC[C@H]2[C@@H]3CC[C@H]4C[C@H](OC(=O)c5ccc(C)cc5)CC[C@]4(C)C3=CC(=O)[C@]12C. The zero-order valence-corrected chi connectivity index (χ0v) is 23.8. The fraction of sp³-hybridized carbons (Fsp3) is 0.667. The van der Waals surface area contributed by atoms with E-state index in [1.54, 1.807) is 0 Å². The van der Waals surface area contributed by atoms with Crippen molar-refractivity contribution in [3.63, 3.8) is 0 Å². The van der Waals surface area contributed by atoms with Crippen molar-refractivity contribution in [3.8, 4) is 0 Å². The second-order valence-electron chi connectivity index (χ2n) is 13.1. The molecule has 5 heteroatoms. The monoisotopic (exact) mass is 520 g/mol. The summed E-state index contributed by atoms with van der Waals surface area (Å²) in [5, 5.41) is 0. The van der Waals surface area contributed by atoms with Crippen molar-refractivity contribution in [2.24, 2.45) is 40.4 Å². The van der Waals surface area contributed by atoms with E-state index >= 15 is 0 Å². The maximum atomic E-state index is 13.9. The fourth-order valence-electron chi connectivity index (χ4n) is 8.88. The molecule has 0 bridgehead atoms. The summed E-state index contributed by atoms with van der Waals surface area (Å²) < 4.78 is 10.8. The van der Waals surface area contributed by atoms with Crippen molar-refractivity contribution >= 4 is 17.7 Å². The van der Waals surface area contributed by atoms with Gasteiger partial charge in [0.25, 0.3) is 0 Å². The molecule has 4 aliphatic carbocycles. The lowest BCUT2D eigenvalue weighted by atomic mass is 9.48. The van der Waals surface area contributed by atoms with Gasteiger partial charge in [0, 0.05) is 11.8 Å². The molecule has 0 aliphatic heterocycles. The van der Waals surface area contributed by atoms with Crippen molar-refractivity contribution in [2.75, 3.05) is 7.11 Å². The van der Waals surface area contributed by atoms with Crippen LogP contribution in [0.4, 0.5) is 0 Å². The molecule has 8 atom stereocenters. The molecule has 0 saturated heterocycles. The first kappa shape index (κ1) is 27.1. The molecule has 0 amide bonds. The number of ketones is 1. The van der Waals surface area contributed by atoms with E-state index in [1.165, 1.54) is 12.7 Å². The van der Waals surface area contributed by atoms with Gasteiger partial charge >= 0.3 is 11.9 Å². The number of hydrogen-bond donors (Lipinski definition) is 0. The Bertz CT molecular complexity index is 1120. The number of aryl methyl sites for hydroxylation is 1. The normalized spacial score (nSPS) is 36.8. The van der Waals surface area contributed by atoms with Crippen LogP contribution in [0.15, 0.2) is 35.9 Å². The number of methoxy groups -OCH3 is 1. The lowest BCUT2D eigenvalue weighted by molar-refractivity contribution is -0.141. The van der Waals surface area contributed by atoms with Crippen LogP contribution >= 0.6 is 0 Å². The molecule has 0 spiro atoms. The van der Waals surface area contributed by atoms with Gasteiger partial charge in [0.15, 0.2) is 5.78 Å². The van der Waals surface area contributed by atoms with Crippen LogP contribution < -0.4 is 0 Å². The van der Waals surface area contributed by atoms with Crippen LogP contribution in [-0.2, 0) is 19.1 Å². The minimum atomic E-state index is -0.340. The van der Waals surface area contributed by atoms with Gasteiger partial charge in [0.2, 0.25) is 0 Å². The van der Waals surface area contributed by atoms with Crippen LogP contribution in [0.2, 0.25) is 0 Å². The molecule has 5 rings (SSSR count). The van der Waals surface area contributed by atoms with Crippen molar-refractivity contribution in [2.45, 2.75) is 91.6 Å². The van der Waals surface area contributed by atoms with Crippen molar-refractivity contribution < 1.29 is 23.9 Å². The molecular formula is C33H44O5. The number of ether oxygens (including phenoxy) is 2. The number of esters is 2. The summed E-state index contributed by atoms with van der Waals surface area (Å²) in [5.41, 5.74) is 2.79. The van der Waals surface area contributed by atoms with Gasteiger partial charge in [-0.3, -0.25) is 9.59 Å². The van der Waals surface area contributed by atoms with Gasteiger partial charge in [0.1, 0.15) is 6.10 Å². The zero-order valence-electron chi connectivity index (χ0n) is 23.8. The number of hydrogen-bond acceptors (Lipinski definition) is 5. The Balaban J connectivity index is 1.30. The van der Waals surface area contributed by atoms with E-state index in [1.807, 2.05) is 31.2 Å². The molecule has 1 unspecified atom stereocenters. The maximum absolute atomic E-state index is 13.9. The number of fused-ring (bicyclic) bond motifs is 5. The molecule has 0 heterocycles. The molecule has 1 aromatic carbocycles. The Morgan fingerprint density at radius 3 is 2.50 bits per heavy atom. The topological polar surface area (TPSA) is 69.7 Å². The van der Waals surface area contributed by atoms with Crippen LogP contribution in [-0.4, -0.2) is 30.9 Å². The van der Waals surface area contributed by atoms with Gasteiger partial charge in [-0.2, -0.15) is 0 Å². The summed E-state index contributed by atoms with van der Waals surface area (Å²) in [5.74, 6) is 1.81. The van der Waals surface area contributed by atoms with E-state index in [2.05, 4.69) is 26.8 Å². The number of carbonyl (C=O) groups is 3. The summed E-state index contributed by atoms with van der Waals surface area (Å²) in [6.45, 7) is 8.81. The Labute approximate surface area is 227 Å². The standard InChI is InChI=1S/C33H44O5/c1-20-6-9-22(10-7-20)31(36)38-24-16-17-32(3)23(18-24)11-12-25-27-14-13-26(21(2)8-15-30(35)37-5)33(27,4)29(34)19-28(25)32/h6-7,9-10,19,21,23-27H,8,11-18H2,1-5H3/t21-,23+,24-,25+,26?,27+,32+,33-/m1/s1. The molecule has 0 radical (unpaired) electrons. The average Bonchev–Trinajstić information content (AvgIpc) is 3.27. The second kappa shape index (κ2) is 10.3. The average molecular weight is 521 g/mol. The summed E-state index contributed by atoms with van der Waals surface area (Å²) >= 11 is 0. The number of allylic oxidation sites excluding steroid dienone is 2. The Kier molecular flexibility index (Phi) is 7.34. The van der Waals surface area contributed by atoms with E-state index < -0.39 is 0 Å². The molecule has 0 aromatic heterocycles. The molecule has 5 nitrogen and oxygen atoms in total. The second-order valence-corrected chi connectivity index (χ2v) is 13.1. The quantitative estimate of drug-likeness (QED) is 0.383. The Hall–Kier alpha value is -2.43. The van der Waals surface area contributed by atoms with E-state index in [0.29, 0.717) is 47.4 Å². The third-order valence-electron chi connectivity index (χ3n) is 11.2. The Morgan fingerprint density at radius 2 is 1.79 bits per heavy atom. The highest BCUT2D eigenvalue weighted by Gasteiger charge is 2.61. The van der Waals surface area contributed by atoms with Crippen LogP contribution in [0.3, 0.4) is 0 Å². The third-order valence-corrected chi connectivity index (χ3v) is 11.2. The van der Waals surface area contributed by atoms with Crippen LogP contribution in [0.1, 0.15) is 94.5 Å². The summed E-state index contributed by atoms with van der Waals surface area (Å²) in [6, 6.07) is 7.58. The smallest absolute Gasteiger partial charge is 0.338 e. The van der Waals surface area contributed by atoms with Gasteiger partial charge < -0.3 is 9.47 Å². The van der Waals surface area contributed by atoms with Gasteiger partial charge in [-0.25, -0.2) is 4.79 Å². The van der Waals surface area contributed by atoms with E-state index in [0.717, 1.165) is 56.9 Å². The van der Waals surface area contributed by atoms with Gasteiger partial charge in [-0.1, -0.05) is 44.0 Å². The fourth-order valence-corrected chi connectivity index (χ4v) is 8.88. The van der Waals surface area contributed by atoms with Gasteiger partial charge in [0.05, 0.1) is 12.7 Å². The van der Waals surface area contributed by atoms with E-state index in [-0.39, 0.29) is 28.9 Å². The van der Waals surface area contributed by atoms with E-state index in [4.69, 9.17) is 9.47 Å². The van der Waals surface area contributed by atoms with Crippen molar-refractivity contribution in [1.82, 2.24) is 0 Å². The number of benzene rings is 1. The highest BCUT2D eigenvalue weighted by Crippen LogP contribution is 2.65. The summed E-state index contributed by atoms with van der Waals surface area (Å²) in [4.78, 5) is 38.5. The highest BCUT2D eigenvalue weighted by molar-refractivity contribution is 5.97. The molecule has 4 aliphatic rings. The first-order chi connectivity index (χ1) is 18.1. The summed E-state index contributed by atoms with van der Waals surface area (Å²) in [7, 11) is 1.44. The molecule has 0 N–H and O–H groups in total. The highest BCUT2D eigenvalue weighted by atomic mass is 16.5. The zero-order chi connectivity index (χ0) is 27.2. The van der Waals surface area contributed by atoms with Crippen LogP contribution in [0.5, 0.6) is 0 Å². The predicted octanol–water partition coefficient (Wildman–Crippen LogP) is 6.87. The minimum Gasteiger partial charge on any atom is -0.469 e. The van der Waals surface area contributed by atoms with E-state index in [9.17, 15) is 14.4 Å². The summed E-state index contributed by atoms with van der Waals surface area (Å²) in [6.07, 6.45) is 10.3. The molecular weight excluding hydrogens is 476 g/mol. The predicted molar refractivity (Wildman–Crippen MR) is 146 cm³/mol. The van der Waals surface area contributed by atoms with Crippen molar-refractivity contribution in [1.29, 1.82) is 0 Å². The largest absolute Gasteiger partial charge is 0.469 e. The number of carbonyl (C=O) groups excluding carboxylic acids is 3. The van der Waals surface area contributed by atoms with Crippen LogP contribution in [0.25, 0.3) is 0 Å². The third kappa shape index (κ3) is 4.54. The lowest BCUT2D eigenvalue weighted by Gasteiger charge is -2.56. The maximum Gasteiger partial charge on any atom is 0.338 e. The van der Waals surface area contributed by atoms with Gasteiger partial charge in [-0.15, -0.1) is 0 Å². The molecule has 206 valence electrons. The minimum absolute atomic E-state index is 0.00125. The lowest BCUT2D eigenvalue weighted by Crippen LogP contribution is -2.52. The first-order valence-electron chi connectivity index (χ1n) is 14.7. The van der Waals surface area contributed by atoms with Gasteiger partial charge in [-0.05, 0) is 112 Å². The number of rotatable bonds is 6. The molecule has 1 aromatic rings. The molecule has 38 heavy (non-hydrogen) atoms. The first-order valence-corrected chi connectivity index (χ1v) is 14.7. The van der Waals surface area contributed by atoms with Crippen molar-refractivity contribution in [3.05, 3.63) is 47.0 Å². The molecule has 3 fully saturated rings. The van der Waals surface area contributed by atoms with Crippen LogP contribution in [0, 0.1) is 47.3 Å². The Morgan fingerprint density at radius 1 is 1.05 bits per heavy atom. The molecule has 3 saturated carbocycles.